The molecule has 0 N–H and O–H groups in total. The van der Waals surface area contributed by atoms with E-state index in [2.05, 4.69) is 0 Å². The Morgan fingerprint density at radius 1 is 1.56 bits per heavy atom. The SMILES string of the molecule is CCO[P@](C)(=O)SCC. The standard InChI is InChI=1S/C5H13O2PS/c1-4-7-8(3,6)9-5-2/h4-5H2,1-3H3/t8-/m0/s1. The van der Waals surface area contributed by atoms with Gasteiger partial charge in [-0.2, -0.15) is 0 Å². The zero-order valence-electron chi connectivity index (χ0n) is 6.09. The van der Waals surface area contributed by atoms with Crippen molar-refractivity contribution in [3.05, 3.63) is 0 Å². The van der Waals surface area contributed by atoms with Gasteiger partial charge in [0.2, 0.25) is 0 Å². The average molecular weight is 168 g/mol. The first kappa shape index (κ1) is 9.54. The molecule has 0 aromatic heterocycles. The van der Waals surface area contributed by atoms with Gasteiger partial charge in [-0.1, -0.05) is 18.3 Å². The quantitative estimate of drug-likeness (QED) is 0.603. The minimum absolute atomic E-state index is 0.542. The highest BCUT2D eigenvalue weighted by Crippen LogP contribution is 2.55. The first-order valence-corrected chi connectivity index (χ1v) is 6.65. The lowest BCUT2D eigenvalue weighted by molar-refractivity contribution is 0.350. The van der Waals surface area contributed by atoms with E-state index in [4.69, 9.17) is 4.52 Å². The zero-order valence-corrected chi connectivity index (χ0v) is 7.80. The lowest BCUT2D eigenvalue weighted by atomic mass is 10.9. The Morgan fingerprint density at radius 3 is 2.44 bits per heavy atom. The van der Waals surface area contributed by atoms with E-state index < -0.39 is 6.57 Å². The molecule has 0 aliphatic heterocycles. The van der Waals surface area contributed by atoms with Crippen LogP contribution in [0.1, 0.15) is 13.8 Å². The van der Waals surface area contributed by atoms with Gasteiger partial charge in [0.25, 0.3) is 6.57 Å². The van der Waals surface area contributed by atoms with Crippen LogP contribution >= 0.6 is 18.0 Å². The van der Waals surface area contributed by atoms with E-state index in [1.54, 1.807) is 6.66 Å². The van der Waals surface area contributed by atoms with Crippen LogP contribution in [0.2, 0.25) is 0 Å². The van der Waals surface area contributed by atoms with E-state index in [0.717, 1.165) is 5.75 Å². The highest BCUT2D eigenvalue weighted by molar-refractivity contribution is 8.56. The molecule has 0 radical (unpaired) electrons. The summed E-state index contributed by atoms with van der Waals surface area (Å²) in [6.45, 7) is 3.75. The molecular formula is C5H13O2PS. The van der Waals surface area contributed by atoms with E-state index in [-0.39, 0.29) is 0 Å². The van der Waals surface area contributed by atoms with Crippen LogP contribution in [-0.4, -0.2) is 19.0 Å². The molecular weight excluding hydrogens is 155 g/mol. The summed E-state index contributed by atoms with van der Waals surface area (Å²) >= 11 is 1.39. The summed E-state index contributed by atoms with van der Waals surface area (Å²) < 4.78 is 16.1. The Kier molecular flexibility index (Phi) is 4.63. The smallest absolute Gasteiger partial charge is 0.254 e. The van der Waals surface area contributed by atoms with Gasteiger partial charge in [0.1, 0.15) is 0 Å². The molecule has 0 bridgehead atoms. The number of hydrogen-bond acceptors (Lipinski definition) is 3. The van der Waals surface area contributed by atoms with Crippen molar-refractivity contribution in [1.82, 2.24) is 0 Å². The number of rotatable bonds is 4. The Morgan fingerprint density at radius 2 is 2.11 bits per heavy atom. The molecule has 0 saturated carbocycles. The van der Waals surface area contributed by atoms with Gasteiger partial charge in [-0.25, -0.2) is 0 Å². The molecule has 0 aromatic carbocycles. The van der Waals surface area contributed by atoms with Crippen molar-refractivity contribution < 1.29 is 9.09 Å². The Labute approximate surface area is 60.6 Å². The van der Waals surface area contributed by atoms with E-state index in [9.17, 15) is 4.57 Å². The molecule has 0 heterocycles. The molecule has 0 fully saturated rings. The maximum absolute atomic E-state index is 11.2. The molecule has 0 aromatic rings. The lowest BCUT2D eigenvalue weighted by Gasteiger charge is -2.08. The third kappa shape index (κ3) is 5.01. The molecule has 2 nitrogen and oxygen atoms in total. The average Bonchev–Trinajstić information content (AvgIpc) is 1.64. The van der Waals surface area contributed by atoms with Crippen molar-refractivity contribution >= 4 is 18.0 Å². The highest BCUT2D eigenvalue weighted by atomic mass is 32.7. The van der Waals surface area contributed by atoms with Gasteiger partial charge in [-0.3, -0.25) is 4.57 Å². The summed E-state index contributed by atoms with van der Waals surface area (Å²) in [6.07, 6.45) is 0. The maximum Gasteiger partial charge on any atom is 0.254 e. The summed E-state index contributed by atoms with van der Waals surface area (Å²) in [5, 5.41) is 0. The van der Waals surface area contributed by atoms with Crippen LogP contribution in [-0.2, 0) is 9.09 Å². The topological polar surface area (TPSA) is 26.3 Å². The van der Waals surface area contributed by atoms with Gasteiger partial charge in [0, 0.05) is 6.66 Å². The summed E-state index contributed by atoms with van der Waals surface area (Å²) in [7, 11) is 0. The largest absolute Gasteiger partial charge is 0.322 e. The van der Waals surface area contributed by atoms with Gasteiger partial charge in [-0.05, 0) is 12.7 Å². The molecule has 56 valence electrons. The predicted octanol–water partition coefficient (Wildman–Crippen LogP) is 2.60. The van der Waals surface area contributed by atoms with Crippen LogP contribution in [0.5, 0.6) is 0 Å². The van der Waals surface area contributed by atoms with Crippen LogP contribution in [0.15, 0.2) is 0 Å². The Bertz CT molecular complexity index is 106. The fraction of sp³-hybridized carbons (Fsp3) is 1.00. The second-order valence-corrected chi connectivity index (χ2v) is 7.01. The van der Waals surface area contributed by atoms with Crippen molar-refractivity contribution in [2.24, 2.45) is 0 Å². The summed E-state index contributed by atoms with van der Waals surface area (Å²) in [6, 6.07) is 0. The summed E-state index contributed by atoms with van der Waals surface area (Å²) in [4.78, 5) is 0. The van der Waals surface area contributed by atoms with E-state index in [1.165, 1.54) is 11.4 Å². The zero-order chi connectivity index (χ0) is 7.33. The maximum atomic E-state index is 11.2. The van der Waals surface area contributed by atoms with Crippen molar-refractivity contribution in [3.63, 3.8) is 0 Å². The van der Waals surface area contributed by atoms with E-state index in [1.807, 2.05) is 13.8 Å². The normalized spacial score (nSPS) is 17.2. The van der Waals surface area contributed by atoms with Gasteiger partial charge < -0.3 is 4.52 Å². The molecule has 4 heteroatoms. The van der Waals surface area contributed by atoms with Crippen LogP contribution in [0.3, 0.4) is 0 Å². The van der Waals surface area contributed by atoms with Gasteiger partial charge >= 0.3 is 0 Å². The fourth-order valence-electron chi connectivity index (χ4n) is 0.506. The second-order valence-electron chi connectivity index (χ2n) is 1.61. The Balaban J connectivity index is 3.58. The molecule has 0 rings (SSSR count). The minimum atomic E-state index is -2.28. The second kappa shape index (κ2) is 4.37. The third-order valence-corrected chi connectivity index (χ3v) is 4.68. The van der Waals surface area contributed by atoms with E-state index in [0.29, 0.717) is 6.61 Å². The predicted molar refractivity (Wildman–Crippen MR) is 43.3 cm³/mol. The van der Waals surface area contributed by atoms with Crippen LogP contribution in [0, 0.1) is 0 Å². The first-order valence-electron chi connectivity index (χ1n) is 2.99. The first-order chi connectivity index (χ1) is 4.12. The van der Waals surface area contributed by atoms with Crippen molar-refractivity contribution in [2.45, 2.75) is 13.8 Å². The van der Waals surface area contributed by atoms with Gasteiger partial charge in [0.15, 0.2) is 0 Å². The number of hydrogen-bond donors (Lipinski definition) is 0. The molecule has 0 aliphatic carbocycles. The Hall–Kier alpha value is 0.540. The molecule has 0 spiro atoms. The molecule has 0 aliphatic rings. The van der Waals surface area contributed by atoms with Crippen molar-refractivity contribution in [3.8, 4) is 0 Å². The summed E-state index contributed by atoms with van der Waals surface area (Å²) in [5.41, 5.74) is 0. The van der Waals surface area contributed by atoms with Gasteiger partial charge in [0.05, 0.1) is 6.61 Å². The monoisotopic (exact) mass is 168 g/mol. The summed E-state index contributed by atoms with van der Waals surface area (Å²) in [5.74, 6) is 0.855. The lowest BCUT2D eigenvalue weighted by Crippen LogP contribution is -1.83. The molecule has 0 unspecified atom stereocenters. The minimum Gasteiger partial charge on any atom is -0.322 e. The van der Waals surface area contributed by atoms with Crippen molar-refractivity contribution in [1.29, 1.82) is 0 Å². The molecule has 1 atom stereocenters. The third-order valence-electron chi connectivity index (χ3n) is 0.727. The molecule has 9 heavy (non-hydrogen) atoms. The molecule has 0 saturated heterocycles. The van der Waals surface area contributed by atoms with Crippen LogP contribution in [0.25, 0.3) is 0 Å². The van der Waals surface area contributed by atoms with E-state index >= 15 is 0 Å². The highest BCUT2D eigenvalue weighted by Gasteiger charge is 2.12. The molecule has 0 amide bonds. The van der Waals surface area contributed by atoms with Crippen LogP contribution < -0.4 is 0 Å². The van der Waals surface area contributed by atoms with Crippen molar-refractivity contribution in [2.75, 3.05) is 19.0 Å². The van der Waals surface area contributed by atoms with Gasteiger partial charge in [-0.15, -0.1) is 0 Å². The van der Waals surface area contributed by atoms with Crippen LogP contribution in [0.4, 0.5) is 0 Å². The fourth-order valence-corrected chi connectivity index (χ4v) is 3.47.